The highest BCUT2D eigenvalue weighted by atomic mass is 35.5. The summed E-state index contributed by atoms with van der Waals surface area (Å²) < 4.78 is 13.7. The second-order valence-electron chi connectivity index (χ2n) is 7.94. The number of halogens is 2. The molecule has 12 heteroatoms. The Morgan fingerprint density at radius 1 is 1.21 bits per heavy atom. The molecule has 10 N–H and O–H groups in total. The Bertz CT molecular complexity index is 1080. The third-order valence-corrected chi connectivity index (χ3v) is 5.81. The lowest BCUT2D eigenvalue weighted by Gasteiger charge is -2.22. The molecule has 10 nitrogen and oxygen atoms in total. The molecule has 0 heterocycles. The van der Waals surface area contributed by atoms with Gasteiger partial charge in [-0.05, 0) is 41.3 Å². The van der Waals surface area contributed by atoms with Gasteiger partial charge in [0.25, 0.3) is 0 Å². The predicted molar refractivity (Wildman–Crippen MR) is 128 cm³/mol. The van der Waals surface area contributed by atoms with Gasteiger partial charge in [-0.3, -0.25) is 20.3 Å². The first-order valence-electron chi connectivity index (χ1n) is 10.6. The lowest BCUT2D eigenvalue weighted by atomic mass is 10.00. The van der Waals surface area contributed by atoms with Gasteiger partial charge in [0.15, 0.2) is 5.96 Å². The van der Waals surface area contributed by atoms with E-state index in [1.807, 2.05) is 18.2 Å². The molecule has 1 aliphatic rings. The zero-order valence-electron chi connectivity index (χ0n) is 18.5. The standard InChI is InChI=1S/C22H28ClFN8O2/c1-28-22(27)30-10-13-7-12-6-11(9-29-21(25)26)2-4-15(12)18(13)32-20(34)19(33)31-14-3-5-16(23)17(24)8-14/h2-6,8,13,18,21,29H,7,9-10,25-26H2,1H3,(H,31,33)(H,32,34)(H3,27,28,30)/t13?,18-/m1/s1. The van der Waals surface area contributed by atoms with E-state index in [2.05, 4.69) is 26.6 Å². The van der Waals surface area contributed by atoms with Crippen LogP contribution in [0.4, 0.5) is 10.1 Å². The van der Waals surface area contributed by atoms with E-state index in [9.17, 15) is 14.0 Å². The Morgan fingerprint density at radius 3 is 2.65 bits per heavy atom. The van der Waals surface area contributed by atoms with E-state index >= 15 is 0 Å². The molecule has 0 aliphatic heterocycles. The van der Waals surface area contributed by atoms with Crippen molar-refractivity contribution in [2.24, 2.45) is 17.4 Å². The molecule has 0 fully saturated rings. The molecule has 2 atom stereocenters. The summed E-state index contributed by atoms with van der Waals surface area (Å²) in [6.07, 6.45) is -0.0194. The summed E-state index contributed by atoms with van der Waals surface area (Å²) in [5, 5.41) is 21.5. The summed E-state index contributed by atoms with van der Waals surface area (Å²) in [5.41, 5.74) is 14.1. The zero-order valence-corrected chi connectivity index (χ0v) is 19.3. The van der Waals surface area contributed by atoms with E-state index in [1.54, 1.807) is 7.05 Å². The summed E-state index contributed by atoms with van der Waals surface area (Å²) in [6, 6.07) is 9.07. The topological polar surface area (TPSA) is 170 Å². The van der Waals surface area contributed by atoms with E-state index < -0.39 is 30.0 Å². The number of nitrogens with one attached hydrogen (secondary N) is 6. The molecule has 0 bridgehead atoms. The van der Waals surface area contributed by atoms with Crippen molar-refractivity contribution in [2.45, 2.75) is 25.3 Å². The number of carbonyl (C=O) groups is 2. The maximum absolute atomic E-state index is 13.7. The van der Waals surface area contributed by atoms with Gasteiger partial charge in [-0.2, -0.15) is 0 Å². The SMILES string of the molecule is CNC(=N)NCC1Cc2cc(CNC(N)N)ccc2[C@@H]1NC(=O)C(=O)Nc1ccc(Cl)c(F)c1. The third-order valence-electron chi connectivity index (χ3n) is 5.50. The van der Waals surface area contributed by atoms with Gasteiger partial charge in [-0.25, -0.2) is 4.39 Å². The third kappa shape index (κ3) is 6.41. The lowest BCUT2D eigenvalue weighted by molar-refractivity contribution is -0.136. The van der Waals surface area contributed by atoms with Crippen LogP contribution < -0.4 is 38.1 Å². The molecular formula is C22H28ClFN8O2. The van der Waals surface area contributed by atoms with Gasteiger partial charge in [0, 0.05) is 31.7 Å². The normalized spacial score (nSPS) is 16.6. The molecule has 0 aromatic heterocycles. The molecule has 0 saturated carbocycles. The summed E-state index contributed by atoms with van der Waals surface area (Å²) in [4.78, 5) is 25.2. The molecule has 2 aromatic carbocycles. The second-order valence-corrected chi connectivity index (χ2v) is 8.35. The minimum absolute atomic E-state index is 0.0875. The van der Waals surface area contributed by atoms with Crippen molar-refractivity contribution in [1.29, 1.82) is 5.41 Å². The Labute approximate surface area is 201 Å². The summed E-state index contributed by atoms with van der Waals surface area (Å²) in [7, 11) is 1.63. The van der Waals surface area contributed by atoms with Crippen LogP contribution in [-0.4, -0.2) is 37.7 Å². The van der Waals surface area contributed by atoms with Gasteiger partial charge < -0.3 is 32.7 Å². The Hall–Kier alpha value is -3.25. The van der Waals surface area contributed by atoms with Crippen molar-refractivity contribution < 1.29 is 14.0 Å². The van der Waals surface area contributed by atoms with Crippen LogP contribution in [0.2, 0.25) is 5.02 Å². The molecule has 1 unspecified atom stereocenters. The van der Waals surface area contributed by atoms with E-state index in [0.717, 1.165) is 22.8 Å². The van der Waals surface area contributed by atoms with Gasteiger partial charge in [0.1, 0.15) is 12.1 Å². The average molecular weight is 491 g/mol. The summed E-state index contributed by atoms with van der Waals surface area (Å²) in [5.74, 6) is -2.47. The molecular weight excluding hydrogens is 463 g/mol. The van der Waals surface area contributed by atoms with Crippen molar-refractivity contribution in [3.8, 4) is 0 Å². The first-order chi connectivity index (χ1) is 16.2. The van der Waals surface area contributed by atoms with Crippen LogP contribution in [0.5, 0.6) is 0 Å². The van der Waals surface area contributed by atoms with Crippen molar-refractivity contribution in [3.05, 3.63) is 63.9 Å². The number of hydrogen-bond acceptors (Lipinski definition) is 6. The van der Waals surface area contributed by atoms with E-state index in [0.29, 0.717) is 19.5 Å². The van der Waals surface area contributed by atoms with Crippen molar-refractivity contribution in [1.82, 2.24) is 21.3 Å². The van der Waals surface area contributed by atoms with Crippen LogP contribution in [-0.2, 0) is 22.6 Å². The van der Waals surface area contributed by atoms with Crippen LogP contribution >= 0.6 is 11.6 Å². The first kappa shape index (κ1) is 25.4. The predicted octanol–water partition coefficient (Wildman–Crippen LogP) is 0.482. The molecule has 2 aromatic rings. The molecule has 2 amide bonds. The van der Waals surface area contributed by atoms with Crippen LogP contribution in [0.15, 0.2) is 36.4 Å². The van der Waals surface area contributed by atoms with Crippen LogP contribution in [0.25, 0.3) is 0 Å². The largest absolute Gasteiger partial charge is 0.360 e. The van der Waals surface area contributed by atoms with E-state index in [1.165, 1.54) is 12.1 Å². The van der Waals surface area contributed by atoms with Crippen LogP contribution in [0.1, 0.15) is 22.7 Å². The fraction of sp³-hybridized carbons (Fsp3) is 0.318. The minimum Gasteiger partial charge on any atom is -0.360 e. The zero-order chi connectivity index (χ0) is 24.8. The Balaban J connectivity index is 1.75. The fourth-order valence-electron chi connectivity index (χ4n) is 3.81. The summed E-state index contributed by atoms with van der Waals surface area (Å²) in [6.45, 7) is 0.875. The van der Waals surface area contributed by atoms with Crippen LogP contribution in [0.3, 0.4) is 0 Å². The van der Waals surface area contributed by atoms with Gasteiger partial charge in [0.2, 0.25) is 0 Å². The fourth-order valence-corrected chi connectivity index (χ4v) is 3.93. The maximum atomic E-state index is 13.7. The highest BCUT2D eigenvalue weighted by Crippen LogP contribution is 2.36. The molecule has 1 aliphatic carbocycles. The number of anilines is 1. The number of hydrogen-bond donors (Lipinski definition) is 8. The van der Waals surface area contributed by atoms with Crippen molar-refractivity contribution >= 4 is 35.1 Å². The lowest BCUT2D eigenvalue weighted by Crippen LogP contribution is -2.44. The Kier molecular flexibility index (Phi) is 8.40. The molecule has 3 rings (SSSR count). The number of guanidine groups is 1. The molecule has 34 heavy (non-hydrogen) atoms. The molecule has 0 radical (unpaired) electrons. The molecule has 0 spiro atoms. The monoisotopic (exact) mass is 490 g/mol. The first-order valence-corrected chi connectivity index (χ1v) is 11.0. The van der Waals surface area contributed by atoms with Gasteiger partial charge in [-0.1, -0.05) is 29.8 Å². The van der Waals surface area contributed by atoms with Gasteiger partial charge in [-0.15, -0.1) is 0 Å². The average Bonchev–Trinajstić information content (AvgIpc) is 3.14. The number of nitrogens with two attached hydrogens (primary N) is 2. The van der Waals surface area contributed by atoms with Crippen molar-refractivity contribution in [3.63, 3.8) is 0 Å². The van der Waals surface area contributed by atoms with Gasteiger partial charge in [0.05, 0.1) is 11.1 Å². The Morgan fingerprint density at radius 2 is 1.97 bits per heavy atom. The number of carbonyl (C=O) groups excluding carboxylic acids is 2. The minimum atomic E-state index is -0.928. The van der Waals surface area contributed by atoms with Crippen LogP contribution in [0, 0.1) is 17.1 Å². The number of rotatable bonds is 7. The van der Waals surface area contributed by atoms with Gasteiger partial charge >= 0.3 is 11.8 Å². The highest BCUT2D eigenvalue weighted by Gasteiger charge is 2.35. The number of benzene rings is 2. The quantitative estimate of drug-likeness (QED) is 0.121. The highest BCUT2D eigenvalue weighted by molar-refractivity contribution is 6.39. The maximum Gasteiger partial charge on any atom is 0.313 e. The second kappa shape index (κ2) is 11.3. The number of amides is 2. The smallest absolute Gasteiger partial charge is 0.313 e. The van der Waals surface area contributed by atoms with E-state index in [-0.39, 0.29) is 22.6 Å². The van der Waals surface area contributed by atoms with Crippen molar-refractivity contribution in [2.75, 3.05) is 18.9 Å². The number of fused-ring (bicyclic) bond motifs is 1. The van der Waals surface area contributed by atoms with E-state index in [4.69, 9.17) is 28.5 Å². The molecule has 182 valence electrons. The molecule has 0 saturated heterocycles. The summed E-state index contributed by atoms with van der Waals surface area (Å²) >= 11 is 5.66.